The molecule has 1 fully saturated rings. The Balaban J connectivity index is 1.21. The molecular formula is C35H31BrCl2N4O3. The van der Waals surface area contributed by atoms with Gasteiger partial charge in [-0.05, 0) is 55.0 Å². The minimum absolute atomic E-state index is 0.176. The number of rotatable bonds is 7. The lowest BCUT2D eigenvalue weighted by molar-refractivity contribution is -0.0359. The first-order valence-corrected chi connectivity index (χ1v) is 16.2. The lowest BCUT2D eigenvalue weighted by atomic mass is 9.85. The molecule has 2 N–H and O–H groups in total. The van der Waals surface area contributed by atoms with Crippen LogP contribution >= 0.6 is 39.1 Å². The van der Waals surface area contributed by atoms with E-state index in [1.54, 1.807) is 30.3 Å². The first-order valence-electron chi connectivity index (χ1n) is 14.7. The van der Waals surface area contributed by atoms with Gasteiger partial charge in [-0.3, -0.25) is 9.59 Å². The molecule has 230 valence electrons. The maximum Gasteiger partial charge on any atom is 0.258 e. The maximum absolute atomic E-state index is 13.5. The zero-order valence-corrected chi connectivity index (χ0v) is 27.7. The van der Waals surface area contributed by atoms with Crippen molar-refractivity contribution in [1.29, 1.82) is 0 Å². The lowest BCUT2D eigenvalue weighted by Crippen LogP contribution is -2.45. The molecule has 0 bridgehead atoms. The van der Waals surface area contributed by atoms with Gasteiger partial charge in [0, 0.05) is 54.5 Å². The second-order valence-electron chi connectivity index (χ2n) is 11.4. The molecule has 2 aliphatic rings. The van der Waals surface area contributed by atoms with Crippen LogP contribution in [0.15, 0.2) is 94.6 Å². The van der Waals surface area contributed by atoms with Crippen LogP contribution in [0.3, 0.4) is 0 Å². The van der Waals surface area contributed by atoms with Crippen molar-refractivity contribution in [3.63, 3.8) is 0 Å². The summed E-state index contributed by atoms with van der Waals surface area (Å²) in [6, 6.07) is 26.4. The van der Waals surface area contributed by atoms with E-state index < -0.39 is 5.91 Å². The summed E-state index contributed by atoms with van der Waals surface area (Å²) >= 11 is 16.3. The van der Waals surface area contributed by atoms with E-state index in [-0.39, 0.29) is 27.1 Å². The van der Waals surface area contributed by atoms with Crippen LogP contribution in [-0.4, -0.2) is 36.2 Å². The Morgan fingerprint density at radius 1 is 0.933 bits per heavy atom. The minimum Gasteiger partial charge on any atom is -0.388 e. The summed E-state index contributed by atoms with van der Waals surface area (Å²) in [5.41, 5.74) is 5.64. The van der Waals surface area contributed by atoms with Gasteiger partial charge in [-0.2, -0.15) is 0 Å². The number of nitrogens with one attached hydrogen (secondary N) is 2. The van der Waals surface area contributed by atoms with Crippen LogP contribution in [0.5, 0.6) is 0 Å². The Bertz CT molecular complexity index is 1770. The molecule has 10 heteroatoms. The molecule has 1 saturated heterocycles. The van der Waals surface area contributed by atoms with E-state index in [0.717, 1.165) is 51.8 Å². The summed E-state index contributed by atoms with van der Waals surface area (Å²) in [6.45, 7) is 3.76. The highest BCUT2D eigenvalue weighted by molar-refractivity contribution is 9.10. The van der Waals surface area contributed by atoms with Crippen LogP contribution in [0, 0.1) is 6.92 Å². The number of carbonyl (C=O) groups excluding carboxylic acids is 2. The Kier molecular flexibility index (Phi) is 9.17. The quantitative estimate of drug-likeness (QED) is 0.202. The second-order valence-corrected chi connectivity index (χ2v) is 13.2. The third-order valence-corrected chi connectivity index (χ3v) is 9.41. The van der Waals surface area contributed by atoms with E-state index in [4.69, 9.17) is 28.0 Å². The summed E-state index contributed by atoms with van der Waals surface area (Å²) in [6.07, 6.45) is 2.22. The summed E-state index contributed by atoms with van der Waals surface area (Å²) in [4.78, 5) is 35.0. The van der Waals surface area contributed by atoms with Gasteiger partial charge >= 0.3 is 0 Å². The molecule has 6 rings (SSSR count). The van der Waals surface area contributed by atoms with Crippen molar-refractivity contribution < 1.29 is 14.4 Å². The predicted octanol–water partition coefficient (Wildman–Crippen LogP) is 8.41. The van der Waals surface area contributed by atoms with E-state index in [0.29, 0.717) is 30.9 Å². The molecule has 0 unspecified atom stereocenters. The van der Waals surface area contributed by atoms with Gasteiger partial charge < -0.3 is 20.4 Å². The average molecular weight is 706 g/mol. The molecule has 1 spiro atoms. The van der Waals surface area contributed by atoms with Gasteiger partial charge in [-0.1, -0.05) is 92.3 Å². The topological polar surface area (TPSA) is 83.0 Å². The van der Waals surface area contributed by atoms with Crippen LogP contribution in [0.4, 0.5) is 11.4 Å². The van der Waals surface area contributed by atoms with Crippen molar-refractivity contribution in [1.82, 2.24) is 5.32 Å². The highest BCUT2D eigenvalue weighted by atomic mass is 79.9. The van der Waals surface area contributed by atoms with Crippen LogP contribution in [0.25, 0.3) is 0 Å². The van der Waals surface area contributed by atoms with Crippen molar-refractivity contribution >= 4 is 68.0 Å². The molecule has 2 aliphatic heterocycles. The van der Waals surface area contributed by atoms with Gasteiger partial charge in [0.1, 0.15) is 5.60 Å². The van der Waals surface area contributed by atoms with Gasteiger partial charge in [0.05, 0.1) is 32.7 Å². The van der Waals surface area contributed by atoms with E-state index >= 15 is 0 Å². The van der Waals surface area contributed by atoms with Crippen molar-refractivity contribution in [2.24, 2.45) is 5.16 Å². The number of halogens is 3. The molecule has 0 aromatic heterocycles. The lowest BCUT2D eigenvalue weighted by Gasteiger charge is -2.39. The van der Waals surface area contributed by atoms with Gasteiger partial charge in [-0.25, -0.2) is 0 Å². The SMILES string of the molecule is Cc1ccc(CNC(=O)c2ccc(N3CCC4(CC3)CC(c3cccc(Br)c3)=NO4)c(NC(=O)c3c(Cl)cccc3Cl)c2)cc1. The average Bonchev–Trinajstić information content (AvgIpc) is 3.44. The predicted molar refractivity (Wildman–Crippen MR) is 184 cm³/mol. The van der Waals surface area contributed by atoms with Crippen LogP contribution < -0.4 is 15.5 Å². The van der Waals surface area contributed by atoms with E-state index in [2.05, 4.69) is 42.7 Å². The standard InChI is InChI=1S/C35H31BrCl2N4O3/c1-22-8-10-23(11-9-22)21-39-33(43)25-12-13-31(29(19-25)40-34(44)32-27(37)6-3-7-28(32)38)42-16-14-35(15-17-42)20-30(41-45-35)24-4-2-5-26(36)18-24/h2-13,18-19H,14-17,20-21H2,1H3,(H,39,43)(H,40,44). The Morgan fingerprint density at radius 3 is 2.36 bits per heavy atom. The second kappa shape index (κ2) is 13.3. The largest absolute Gasteiger partial charge is 0.388 e. The molecule has 0 radical (unpaired) electrons. The van der Waals surface area contributed by atoms with Gasteiger partial charge in [-0.15, -0.1) is 0 Å². The maximum atomic E-state index is 13.5. The molecule has 0 aliphatic carbocycles. The van der Waals surface area contributed by atoms with E-state index in [1.165, 1.54) is 0 Å². The fraction of sp³-hybridized carbons (Fsp3) is 0.229. The smallest absolute Gasteiger partial charge is 0.258 e. The molecule has 4 aromatic carbocycles. The van der Waals surface area contributed by atoms with Crippen LogP contribution in [0.1, 0.15) is 56.7 Å². The van der Waals surface area contributed by atoms with Crippen LogP contribution in [-0.2, 0) is 11.4 Å². The molecule has 2 heterocycles. The van der Waals surface area contributed by atoms with Gasteiger partial charge in [0.15, 0.2) is 0 Å². The molecule has 4 aromatic rings. The Labute approximate surface area is 280 Å². The van der Waals surface area contributed by atoms with Crippen LogP contribution in [0.2, 0.25) is 10.0 Å². The summed E-state index contributed by atoms with van der Waals surface area (Å²) < 4.78 is 0.999. The molecular weight excluding hydrogens is 675 g/mol. The fourth-order valence-electron chi connectivity index (χ4n) is 5.71. The first kappa shape index (κ1) is 31.1. The van der Waals surface area contributed by atoms with Crippen molar-refractivity contribution in [3.05, 3.63) is 127 Å². The zero-order chi connectivity index (χ0) is 31.6. The van der Waals surface area contributed by atoms with E-state index in [1.807, 2.05) is 55.5 Å². The summed E-state index contributed by atoms with van der Waals surface area (Å²) in [7, 11) is 0. The Morgan fingerprint density at radius 2 is 1.64 bits per heavy atom. The number of aryl methyl sites for hydroxylation is 1. The van der Waals surface area contributed by atoms with Gasteiger partial charge in [0.2, 0.25) is 0 Å². The number of piperidine rings is 1. The van der Waals surface area contributed by atoms with Crippen molar-refractivity contribution in [3.8, 4) is 0 Å². The Hall–Kier alpha value is -3.85. The number of amides is 2. The molecule has 7 nitrogen and oxygen atoms in total. The number of carbonyl (C=O) groups is 2. The number of hydrogen-bond donors (Lipinski definition) is 2. The molecule has 2 amide bonds. The number of hydrogen-bond acceptors (Lipinski definition) is 5. The molecule has 0 atom stereocenters. The number of anilines is 2. The number of oxime groups is 1. The van der Waals surface area contributed by atoms with Gasteiger partial charge in [0.25, 0.3) is 11.8 Å². The zero-order valence-electron chi connectivity index (χ0n) is 24.6. The van der Waals surface area contributed by atoms with Crippen molar-refractivity contribution in [2.45, 2.75) is 38.3 Å². The van der Waals surface area contributed by atoms with Crippen molar-refractivity contribution in [2.75, 3.05) is 23.3 Å². The normalized spacial score (nSPS) is 15.4. The minimum atomic E-state index is -0.455. The van der Waals surface area contributed by atoms with E-state index in [9.17, 15) is 9.59 Å². The molecule has 0 saturated carbocycles. The highest BCUT2D eigenvalue weighted by Crippen LogP contribution is 2.39. The number of benzene rings is 4. The molecule has 45 heavy (non-hydrogen) atoms. The number of nitrogens with zero attached hydrogens (tertiary/aromatic N) is 2. The first-order chi connectivity index (χ1) is 21.7. The highest BCUT2D eigenvalue weighted by Gasteiger charge is 2.42. The summed E-state index contributed by atoms with van der Waals surface area (Å²) in [5, 5.41) is 10.9. The summed E-state index contributed by atoms with van der Waals surface area (Å²) in [5.74, 6) is -0.702. The third kappa shape index (κ3) is 7.03. The monoisotopic (exact) mass is 704 g/mol. The third-order valence-electron chi connectivity index (χ3n) is 8.28. The fourth-order valence-corrected chi connectivity index (χ4v) is 6.68.